The van der Waals surface area contributed by atoms with Crippen molar-refractivity contribution in [2.45, 2.75) is 31.1 Å². The average Bonchev–Trinajstić information content (AvgIpc) is 2.43. The minimum absolute atomic E-state index is 0.0734. The molecule has 4 nitrogen and oxygen atoms in total. The smallest absolute Gasteiger partial charge is 0.240 e. The molecular formula is C14H21NO3S2. The van der Waals surface area contributed by atoms with Gasteiger partial charge in [-0.3, -0.25) is 4.79 Å². The normalized spacial score (nSPS) is 11.5. The Morgan fingerprint density at radius 1 is 1.15 bits per heavy atom. The van der Waals surface area contributed by atoms with Crippen LogP contribution in [-0.4, -0.2) is 32.8 Å². The maximum Gasteiger partial charge on any atom is 0.240 e. The van der Waals surface area contributed by atoms with Gasteiger partial charge in [0.05, 0.1) is 4.90 Å². The molecule has 0 aliphatic heterocycles. The monoisotopic (exact) mass is 315 g/mol. The lowest BCUT2D eigenvalue weighted by Gasteiger charge is -2.07. The number of unbranched alkanes of at least 4 members (excludes halogenated alkanes) is 2. The third-order valence-electron chi connectivity index (χ3n) is 2.89. The molecule has 0 spiro atoms. The molecule has 0 aromatic heterocycles. The van der Waals surface area contributed by atoms with Gasteiger partial charge in [-0.2, -0.15) is 11.8 Å². The van der Waals surface area contributed by atoms with E-state index < -0.39 is 10.0 Å². The van der Waals surface area contributed by atoms with Gasteiger partial charge in [0.1, 0.15) is 0 Å². The number of nitrogens with one attached hydrogen (secondary N) is 1. The fraction of sp³-hybridized carbons (Fsp3) is 0.500. The Balaban J connectivity index is 2.49. The van der Waals surface area contributed by atoms with Crippen LogP contribution in [0.5, 0.6) is 0 Å². The number of Topliss-reactive ketones (excluding diaryl/α,β-unsaturated/α-hetero) is 1. The molecule has 20 heavy (non-hydrogen) atoms. The molecule has 0 aliphatic rings. The van der Waals surface area contributed by atoms with Crippen molar-refractivity contribution in [2.75, 3.05) is 18.6 Å². The minimum atomic E-state index is -3.46. The SMILES string of the molecule is CSCCCCCNS(=O)(=O)c1ccc(C(C)=O)cc1. The van der Waals surface area contributed by atoms with Gasteiger partial charge in [-0.1, -0.05) is 18.6 Å². The number of ketones is 1. The van der Waals surface area contributed by atoms with Crippen molar-refractivity contribution in [3.63, 3.8) is 0 Å². The quantitative estimate of drug-likeness (QED) is 0.562. The molecule has 112 valence electrons. The predicted octanol–water partition coefficient (Wildman–Crippen LogP) is 2.70. The summed E-state index contributed by atoms with van der Waals surface area (Å²) in [5, 5.41) is 0. The zero-order valence-corrected chi connectivity index (χ0v) is 13.5. The first kappa shape index (κ1) is 17.2. The van der Waals surface area contributed by atoms with Crippen LogP contribution >= 0.6 is 11.8 Å². The number of benzene rings is 1. The van der Waals surface area contributed by atoms with Crippen LogP contribution < -0.4 is 4.72 Å². The molecule has 0 aliphatic carbocycles. The molecule has 1 N–H and O–H groups in total. The van der Waals surface area contributed by atoms with Crippen LogP contribution in [0.25, 0.3) is 0 Å². The van der Waals surface area contributed by atoms with Crippen LogP contribution in [-0.2, 0) is 10.0 Å². The number of rotatable bonds is 9. The largest absolute Gasteiger partial charge is 0.295 e. The van der Waals surface area contributed by atoms with E-state index in [1.165, 1.54) is 31.2 Å². The molecule has 0 saturated carbocycles. The van der Waals surface area contributed by atoms with Crippen LogP contribution in [0.1, 0.15) is 36.5 Å². The predicted molar refractivity (Wildman–Crippen MR) is 83.9 cm³/mol. The third-order valence-corrected chi connectivity index (χ3v) is 5.06. The lowest BCUT2D eigenvalue weighted by atomic mass is 10.2. The molecule has 0 amide bonds. The van der Waals surface area contributed by atoms with Crippen molar-refractivity contribution in [2.24, 2.45) is 0 Å². The van der Waals surface area contributed by atoms with E-state index in [-0.39, 0.29) is 10.7 Å². The van der Waals surface area contributed by atoms with Gasteiger partial charge in [0.15, 0.2) is 5.78 Å². The summed E-state index contributed by atoms with van der Waals surface area (Å²) in [6, 6.07) is 6.00. The minimum Gasteiger partial charge on any atom is -0.295 e. The number of hydrogen-bond acceptors (Lipinski definition) is 4. The highest BCUT2D eigenvalue weighted by Crippen LogP contribution is 2.11. The van der Waals surface area contributed by atoms with Gasteiger partial charge >= 0.3 is 0 Å². The van der Waals surface area contributed by atoms with Crippen molar-refractivity contribution in [3.05, 3.63) is 29.8 Å². The van der Waals surface area contributed by atoms with E-state index in [4.69, 9.17) is 0 Å². The number of hydrogen-bond donors (Lipinski definition) is 1. The molecule has 0 heterocycles. The van der Waals surface area contributed by atoms with Crippen LogP contribution in [0, 0.1) is 0 Å². The zero-order valence-electron chi connectivity index (χ0n) is 11.9. The summed E-state index contributed by atoms with van der Waals surface area (Å²) in [5.41, 5.74) is 0.515. The molecule has 6 heteroatoms. The Hall–Kier alpha value is -0.850. The Labute approximate surface area is 125 Å². The van der Waals surface area contributed by atoms with Gasteiger partial charge in [-0.25, -0.2) is 13.1 Å². The standard InChI is InChI=1S/C14H21NO3S2/c1-12(16)13-6-8-14(9-7-13)20(17,18)15-10-4-3-5-11-19-2/h6-9,15H,3-5,10-11H2,1-2H3. The molecule has 0 saturated heterocycles. The highest BCUT2D eigenvalue weighted by atomic mass is 32.2. The fourth-order valence-corrected chi connectivity index (χ4v) is 3.27. The molecular weight excluding hydrogens is 294 g/mol. The number of carbonyl (C=O) groups is 1. The second-order valence-electron chi connectivity index (χ2n) is 4.53. The van der Waals surface area contributed by atoms with Crippen LogP contribution in [0.15, 0.2) is 29.2 Å². The van der Waals surface area contributed by atoms with E-state index in [1.807, 2.05) is 0 Å². The van der Waals surface area contributed by atoms with Gasteiger partial charge in [-0.05, 0) is 43.9 Å². The fourth-order valence-electron chi connectivity index (χ4n) is 1.71. The first-order valence-corrected chi connectivity index (χ1v) is 9.44. The van der Waals surface area contributed by atoms with Gasteiger partial charge in [0.2, 0.25) is 10.0 Å². The van der Waals surface area contributed by atoms with E-state index >= 15 is 0 Å². The summed E-state index contributed by atoms with van der Waals surface area (Å²) in [5.74, 6) is 1.04. The summed E-state index contributed by atoms with van der Waals surface area (Å²) >= 11 is 1.80. The Bertz CT molecular complexity index is 524. The van der Waals surface area contributed by atoms with Crippen molar-refractivity contribution in [1.29, 1.82) is 0 Å². The highest BCUT2D eigenvalue weighted by molar-refractivity contribution is 7.98. The van der Waals surface area contributed by atoms with E-state index in [0.29, 0.717) is 12.1 Å². The van der Waals surface area contributed by atoms with Crippen LogP contribution in [0.2, 0.25) is 0 Å². The number of carbonyl (C=O) groups excluding carboxylic acids is 1. The molecule has 1 rings (SSSR count). The third kappa shape index (κ3) is 5.64. The van der Waals surface area contributed by atoms with Gasteiger partial charge in [-0.15, -0.1) is 0 Å². The molecule has 1 aromatic carbocycles. The Morgan fingerprint density at radius 3 is 2.35 bits per heavy atom. The summed E-state index contributed by atoms with van der Waals surface area (Å²) in [6.45, 7) is 1.90. The van der Waals surface area contributed by atoms with Crippen LogP contribution in [0.3, 0.4) is 0 Å². The van der Waals surface area contributed by atoms with Crippen molar-refractivity contribution in [3.8, 4) is 0 Å². The Morgan fingerprint density at radius 2 is 1.80 bits per heavy atom. The van der Waals surface area contributed by atoms with Gasteiger partial charge < -0.3 is 0 Å². The van der Waals surface area contributed by atoms with E-state index in [0.717, 1.165) is 25.0 Å². The summed E-state index contributed by atoms with van der Waals surface area (Å²) in [7, 11) is -3.46. The lowest BCUT2D eigenvalue weighted by molar-refractivity contribution is 0.101. The summed E-state index contributed by atoms with van der Waals surface area (Å²) < 4.78 is 26.6. The second-order valence-corrected chi connectivity index (χ2v) is 7.28. The zero-order chi connectivity index (χ0) is 15.0. The number of thioether (sulfide) groups is 1. The molecule has 0 bridgehead atoms. The van der Waals surface area contributed by atoms with Gasteiger partial charge in [0, 0.05) is 12.1 Å². The average molecular weight is 315 g/mol. The van der Waals surface area contributed by atoms with Gasteiger partial charge in [0.25, 0.3) is 0 Å². The van der Waals surface area contributed by atoms with Crippen LogP contribution in [0.4, 0.5) is 0 Å². The summed E-state index contributed by atoms with van der Waals surface area (Å²) in [6.07, 6.45) is 5.03. The number of sulfonamides is 1. The topological polar surface area (TPSA) is 63.2 Å². The van der Waals surface area contributed by atoms with Crippen molar-refractivity contribution >= 4 is 27.6 Å². The summed E-state index contributed by atoms with van der Waals surface area (Å²) in [4.78, 5) is 11.3. The second kappa shape index (κ2) is 8.44. The molecule has 0 atom stereocenters. The first-order valence-electron chi connectivity index (χ1n) is 6.57. The van der Waals surface area contributed by atoms with E-state index in [2.05, 4.69) is 11.0 Å². The maximum absolute atomic E-state index is 12.0. The molecule has 0 unspecified atom stereocenters. The first-order chi connectivity index (χ1) is 9.47. The van der Waals surface area contributed by atoms with E-state index in [9.17, 15) is 13.2 Å². The van der Waals surface area contributed by atoms with Crippen molar-refractivity contribution < 1.29 is 13.2 Å². The highest BCUT2D eigenvalue weighted by Gasteiger charge is 2.13. The van der Waals surface area contributed by atoms with E-state index in [1.54, 1.807) is 11.8 Å². The van der Waals surface area contributed by atoms with Crippen molar-refractivity contribution in [1.82, 2.24) is 4.72 Å². The lowest BCUT2D eigenvalue weighted by Crippen LogP contribution is -2.24. The molecule has 0 fully saturated rings. The Kier molecular flexibility index (Phi) is 7.26. The maximum atomic E-state index is 12.0. The molecule has 0 radical (unpaired) electrons. The molecule has 1 aromatic rings.